The first-order chi connectivity index (χ1) is 11.2. The zero-order valence-corrected chi connectivity index (χ0v) is 13.9. The van der Waals surface area contributed by atoms with Crippen LogP contribution in [0.5, 0.6) is 0 Å². The number of carbonyl (C=O) groups excluding carboxylic acids is 1. The minimum atomic E-state index is -0.206. The largest absolute Gasteiger partial charge is 0.378 e. The normalized spacial score (nSPS) is 16.1. The molecule has 1 fully saturated rings. The quantitative estimate of drug-likeness (QED) is 0.773. The highest BCUT2D eigenvalue weighted by molar-refractivity contribution is 5.79. The van der Waals surface area contributed by atoms with Gasteiger partial charge in [-0.15, -0.1) is 0 Å². The summed E-state index contributed by atoms with van der Waals surface area (Å²) in [5.41, 5.74) is 3.14. The van der Waals surface area contributed by atoms with Crippen molar-refractivity contribution in [2.24, 2.45) is 0 Å². The maximum Gasteiger partial charge on any atom is 0.214 e. The van der Waals surface area contributed by atoms with Gasteiger partial charge >= 0.3 is 0 Å². The van der Waals surface area contributed by atoms with Crippen LogP contribution in [0.2, 0.25) is 0 Å². The van der Waals surface area contributed by atoms with Gasteiger partial charge < -0.3 is 9.80 Å². The number of hydrogen-bond donors (Lipinski definition) is 0. The molecule has 1 aliphatic rings. The third kappa shape index (κ3) is 2.83. The van der Waals surface area contributed by atoms with Gasteiger partial charge in [-0.1, -0.05) is 43.2 Å². The Morgan fingerprint density at radius 3 is 1.96 bits per heavy atom. The summed E-state index contributed by atoms with van der Waals surface area (Å²) in [5, 5.41) is 0. The van der Waals surface area contributed by atoms with Crippen molar-refractivity contribution >= 4 is 17.8 Å². The molecule has 0 heterocycles. The van der Waals surface area contributed by atoms with Crippen LogP contribution in [0, 0.1) is 0 Å². The lowest BCUT2D eigenvalue weighted by Crippen LogP contribution is -2.43. The summed E-state index contributed by atoms with van der Waals surface area (Å²) in [4.78, 5) is 16.0. The molecule has 0 unspecified atom stereocenters. The number of carbonyl (C=O) groups is 1. The van der Waals surface area contributed by atoms with E-state index in [1.165, 1.54) is 5.56 Å². The number of rotatable bonds is 5. The molecule has 0 aliphatic heterocycles. The van der Waals surface area contributed by atoms with Crippen LogP contribution in [0.25, 0.3) is 0 Å². The van der Waals surface area contributed by atoms with Crippen LogP contribution in [-0.2, 0) is 10.3 Å². The van der Waals surface area contributed by atoms with E-state index < -0.39 is 0 Å². The molecule has 1 saturated carbocycles. The van der Waals surface area contributed by atoms with Gasteiger partial charge in [0.2, 0.25) is 6.41 Å². The van der Waals surface area contributed by atoms with Crippen molar-refractivity contribution in [2.75, 3.05) is 23.9 Å². The molecular formula is C20H24N2O. The molecule has 3 heteroatoms. The molecule has 0 atom stereocenters. The van der Waals surface area contributed by atoms with Gasteiger partial charge in [-0.25, -0.2) is 0 Å². The molecule has 2 aromatic carbocycles. The molecule has 0 saturated heterocycles. The van der Waals surface area contributed by atoms with Gasteiger partial charge in [-0.05, 0) is 42.7 Å². The summed E-state index contributed by atoms with van der Waals surface area (Å²) in [5.74, 6) is 0. The standard InChI is InChI=1S/C20H24N2O/c1-21(2)18-10-12-19(13-11-18)22(16-23)20(14-6-7-15-20)17-8-4-3-5-9-17/h3-5,8-13,16H,6-7,14-15H2,1-2H3. The second kappa shape index (κ2) is 6.45. The van der Waals surface area contributed by atoms with Gasteiger partial charge in [0.25, 0.3) is 0 Å². The Labute approximate surface area is 138 Å². The monoisotopic (exact) mass is 308 g/mol. The van der Waals surface area contributed by atoms with E-state index in [-0.39, 0.29) is 5.54 Å². The first-order valence-corrected chi connectivity index (χ1v) is 8.25. The number of benzene rings is 2. The Morgan fingerprint density at radius 2 is 1.43 bits per heavy atom. The van der Waals surface area contributed by atoms with Crippen molar-refractivity contribution in [1.29, 1.82) is 0 Å². The van der Waals surface area contributed by atoms with E-state index >= 15 is 0 Å². The van der Waals surface area contributed by atoms with Crippen molar-refractivity contribution < 1.29 is 4.79 Å². The van der Waals surface area contributed by atoms with Crippen LogP contribution in [0.4, 0.5) is 11.4 Å². The zero-order chi connectivity index (χ0) is 16.3. The molecule has 3 rings (SSSR count). The van der Waals surface area contributed by atoms with E-state index in [1.54, 1.807) is 0 Å². The Bertz CT molecular complexity index is 643. The second-order valence-corrected chi connectivity index (χ2v) is 6.49. The third-order valence-corrected chi connectivity index (χ3v) is 4.95. The lowest BCUT2D eigenvalue weighted by Gasteiger charge is -2.39. The molecule has 3 nitrogen and oxygen atoms in total. The first-order valence-electron chi connectivity index (χ1n) is 8.25. The fraction of sp³-hybridized carbons (Fsp3) is 0.350. The van der Waals surface area contributed by atoms with Gasteiger partial charge in [0, 0.05) is 25.5 Å². The molecule has 120 valence electrons. The average molecular weight is 308 g/mol. The van der Waals surface area contributed by atoms with Crippen LogP contribution in [0.15, 0.2) is 54.6 Å². The van der Waals surface area contributed by atoms with Gasteiger partial charge in [0.1, 0.15) is 0 Å². The van der Waals surface area contributed by atoms with Crippen LogP contribution in [0.3, 0.4) is 0 Å². The van der Waals surface area contributed by atoms with E-state index in [0.717, 1.165) is 43.5 Å². The van der Waals surface area contributed by atoms with Crippen molar-refractivity contribution in [3.8, 4) is 0 Å². The Hall–Kier alpha value is -2.29. The molecule has 23 heavy (non-hydrogen) atoms. The molecule has 0 spiro atoms. The third-order valence-electron chi connectivity index (χ3n) is 4.95. The molecule has 2 aromatic rings. The van der Waals surface area contributed by atoms with Crippen molar-refractivity contribution in [1.82, 2.24) is 0 Å². The van der Waals surface area contributed by atoms with E-state index in [4.69, 9.17) is 0 Å². The van der Waals surface area contributed by atoms with Gasteiger partial charge in [-0.3, -0.25) is 4.79 Å². The smallest absolute Gasteiger partial charge is 0.214 e. The van der Waals surface area contributed by atoms with Gasteiger partial charge in [0.15, 0.2) is 0 Å². The molecular weight excluding hydrogens is 284 g/mol. The van der Waals surface area contributed by atoms with Crippen LogP contribution >= 0.6 is 0 Å². The molecule has 0 N–H and O–H groups in total. The summed E-state index contributed by atoms with van der Waals surface area (Å²) < 4.78 is 0. The SMILES string of the molecule is CN(C)c1ccc(N(C=O)C2(c3ccccc3)CCCC2)cc1. The number of anilines is 2. The summed E-state index contributed by atoms with van der Waals surface area (Å²) in [6.45, 7) is 0. The van der Waals surface area contributed by atoms with E-state index in [1.807, 2.05) is 37.2 Å². The fourth-order valence-corrected chi connectivity index (χ4v) is 3.70. The van der Waals surface area contributed by atoms with E-state index in [0.29, 0.717) is 0 Å². The topological polar surface area (TPSA) is 23.6 Å². The van der Waals surface area contributed by atoms with Crippen molar-refractivity contribution in [3.63, 3.8) is 0 Å². The summed E-state index contributed by atoms with van der Waals surface area (Å²) in [6, 6.07) is 18.7. The molecule has 0 radical (unpaired) electrons. The summed E-state index contributed by atoms with van der Waals surface area (Å²) in [7, 11) is 4.05. The van der Waals surface area contributed by atoms with E-state index in [2.05, 4.69) is 41.3 Å². The zero-order valence-electron chi connectivity index (χ0n) is 13.9. The predicted molar refractivity (Wildman–Crippen MR) is 95.9 cm³/mol. The number of amides is 1. The molecule has 0 bridgehead atoms. The Kier molecular flexibility index (Phi) is 4.37. The Balaban J connectivity index is 2.01. The van der Waals surface area contributed by atoms with Crippen LogP contribution in [-0.4, -0.2) is 20.5 Å². The van der Waals surface area contributed by atoms with Gasteiger partial charge in [0.05, 0.1) is 5.54 Å². The lowest BCUT2D eigenvalue weighted by atomic mass is 9.86. The maximum absolute atomic E-state index is 12.0. The summed E-state index contributed by atoms with van der Waals surface area (Å²) in [6.07, 6.45) is 5.36. The highest BCUT2D eigenvalue weighted by Gasteiger charge is 2.41. The molecule has 1 aliphatic carbocycles. The van der Waals surface area contributed by atoms with Crippen LogP contribution < -0.4 is 9.80 Å². The maximum atomic E-state index is 12.0. The van der Waals surface area contributed by atoms with Gasteiger partial charge in [-0.2, -0.15) is 0 Å². The van der Waals surface area contributed by atoms with E-state index in [9.17, 15) is 4.79 Å². The van der Waals surface area contributed by atoms with Crippen molar-refractivity contribution in [3.05, 3.63) is 60.2 Å². The number of nitrogens with zero attached hydrogens (tertiary/aromatic N) is 2. The molecule has 1 amide bonds. The molecule has 0 aromatic heterocycles. The minimum Gasteiger partial charge on any atom is -0.378 e. The van der Waals surface area contributed by atoms with Crippen molar-refractivity contribution in [2.45, 2.75) is 31.2 Å². The fourth-order valence-electron chi connectivity index (χ4n) is 3.70. The number of hydrogen-bond acceptors (Lipinski definition) is 2. The first kappa shape index (κ1) is 15.6. The highest BCUT2D eigenvalue weighted by Crippen LogP contribution is 2.45. The van der Waals surface area contributed by atoms with Crippen LogP contribution in [0.1, 0.15) is 31.2 Å². The minimum absolute atomic E-state index is 0.206. The average Bonchev–Trinajstić information content (AvgIpc) is 3.07. The predicted octanol–water partition coefficient (Wildman–Crippen LogP) is 4.18. The summed E-state index contributed by atoms with van der Waals surface area (Å²) >= 11 is 0. The second-order valence-electron chi connectivity index (χ2n) is 6.49. The Morgan fingerprint density at radius 1 is 0.870 bits per heavy atom. The highest BCUT2D eigenvalue weighted by atomic mass is 16.1. The lowest BCUT2D eigenvalue weighted by molar-refractivity contribution is -0.108.